The maximum Gasteiger partial charge on any atom is 0.264 e. The molecule has 0 amide bonds. The molecular formula is C15H10Cl2N2O. The van der Waals surface area contributed by atoms with Crippen LogP contribution in [0, 0.1) is 0 Å². The molecule has 3 rings (SSSR count). The van der Waals surface area contributed by atoms with Crippen LogP contribution in [0.3, 0.4) is 0 Å². The molecule has 1 heterocycles. The summed E-state index contributed by atoms with van der Waals surface area (Å²) in [5, 5.41) is 2.30. The van der Waals surface area contributed by atoms with Gasteiger partial charge in [-0.15, -0.1) is 0 Å². The Kier molecular flexibility index (Phi) is 3.16. The summed E-state index contributed by atoms with van der Waals surface area (Å²) in [6.07, 6.45) is 0. The molecule has 100 valence electrons. The molecule has 2 N–H and O–H groups in total. The molecule has 0 saturated carbocycles. The number of benzene rings is 2. The molecular weight excluding hydrogens is 295 g/mol. The van der Waals surface area contributed by atoms with Crippen molar-refractivity contribution in [2.45, 2.75) is 0 Å². The monoisotopic (exact) mass is 304 g/mol. The van der Waals surface area contributed by atoms with Crippen LogP contribution in [0.1, 0.15) is 0 Å². The van der Waals surface area contributed by atoms with Gasteiger partial charge >= 0.3 is 0 Å². The van der Waals surface area contributed by atoms with E-state index >= 15 is 0 Å². The largest absolute Gasteiger partial charge is 0.385 e. The lowest BCUT2D eigenvalue weighted by atomic mass is 10.1. The molecule has 0 aliphatic heterocycles. The van der Waals surface area contributed by atoms with Gasteiger partial charge in [-0.2, -0.15) is 0 Å². The third-order valence-electron chi connectivity index (χ3n) is 3.06. The van der Waals surface area contributed by atoms with Gasteiger partial charge in [-0.3, -0.25) is 9.36 Å². The lowest BCUT2D eigenvalue weighted by molar-refractivity contribution is 1.02. The molecule has 0 spiro atoms. The predicted molar refractivity (Wildman–Crippen MR) is 84.0 cm³/mol. The van der Waals surface area contributed by atoms with E-state index in [1.807, 2.05) is 18.2 Å². The van der Waals surface area contributed by atoms with Crippen molar-refractivity contribution in [1.82, 2.24) is 4.57 Å². The van der Waals surface area contributed by atoms with Crippen LogP contribution < -0.4 is 11.3 Å². The van der Waals surface area contributed by atoms with E-state index < -0.39 is 0 Å². The van der Waals surface area contributed by atoms with Crippen molar-refractivity contribution in [3.05, 3.63) is 68.9 Å². The molecule has 5 heteroatoms. The molecule has 3 aromatic rings. The highest BCUT2D eigenvalue weighted by atomic mass is 35.5. The van der Waals surface area contributed by atoms with Crippen molar-refractivity contribution in [3.63, 3.8) is 0 Å². The van der Waals surface area contributed by atoms with Crippen molar-refractivity contribution in [1.29, 1.82) is 0 Å². The summed E-state index contributed by atoms with van der Waals surface area (Å²) in [6, 6.07) is 14.0. The van der Waals surface area contributed by atoms with Gasteiger partial charge in [0.05, 0.1) is 5.69 Å². The van der Waals surface area contributed by atoms with Crippen molar-refractivity contribution in [3.8, 4) is 5.69 Å². The minimum Gasteiger partial charge on any atom is -0.385 e. The highest BCUT2D eigenvalue weighted by Crippen LogP contribution is 2.23. The van der Waals surface area contributed by atoms with E-state index in [4.69, 9.17) is 28.9 Å². The lowest BCUT2D eigenvalue weighted by Crippen LogP contribution is -2.21. The van der Waals surface area contributed by atoms with Gasteiger partial charge in [0.15, 0.2) is 0 Å². The first-order valence-corrected chi connectivity index (χ1v) is 6.68. The van der Waals surface area contributed by atoms with Gasteiger partial charge < -0.3 is 5.73 Å². The van der Waals surface area contributed by atoms with E-state index in [0.717, 1.165) is 5.39 Å². The van der Waals surface area contributed by atoms with Crippen molar-refractivity contribution < 1.29 is 0 Å². The van der Waals surface area contributed by atoms with E-state index in [1.165, 1.54) is 4.57 Å². The first-order valence-electron chi connectivity index (χ1n) is 5.93. The van der Waals surface area contributed by atoms with Crippen molar-refractivity contribution >= 4 is 39.8 Å². The summed E-state index contributed by atoms with van der Waals surface area (Å²) in [4.78, 5) is 12.6. The van der Waals surface area contributed by atoms with Gasteiger partial charge in [0, 0.05) is 15.4 Å². The maximum atomic E-state index is 12.6. The topological polar surface area (TPSA) is 48.0 Å². The van der Waals surface area contributed by atoms with Crippen LogP contribution in [0.4, 0.5) is 5.82 Å². The number of nitrogen functional groups attached to an aromatic ring is 1. The summed E-state index contributed by atoms with van der Waals surface area (Å²) < 4.78 is 1.40. The quantitative estimate of drug-likeness (QED) is 0.741. The van der Waals surface area contributed by atoms with Crippen LogP contribution >= 0.6 is 23.2 Å². The zero-order chi connectivity index (χ0) is 14.3. The highest BCUT2D eigenvalue weighted by molar-refractivity contribution is 6.34. The number of hydrogen-bond donors (Lipinski definition) is 1. The molecule has 0 fully saturated rings. The van der Waals surface area contributed by atoms with Crippen molar-refractivity contribution in [2.24, 2.45) is 0 Å². The van der Waals surface area contributed by atoms with Crippen LogP contribution in [0.15, 0.2) is 53.3 Å². The second-order valence-corrected chi connectivity index (χ2v) is 5.30. The second-order valence-electron chi connectivity index (χ2n) is 4.42. The number of pyridine rings is 1. The van der Waals surface area contributed by atoms with Crippen molar-refractivity contribution in [2.75, 3.05) is 5.73 Å². The zero-order valence-corrected chi connectivity index (χ0v) is 11.8. The van der Waals surface area contributed by atoms with E-state index in [9.17, 15) is 4.79 Å². The Balaban J connectivity index is 2.39. The second kappa shape index (κ2) is 4.85. The van der Waals surface area contributed by atoms with Gasteiger partial charge in [0.25, 0.3) is 5.56 Å². The minimum atomic E-state index is -0.195. The average molecular weight is 305 g/mol. The zero-order valence-electron chi connectivity index (χ0n) is 10.3. The Morgan fingerprint density at radius 1 is 0.950 bits per heavy atom. The van der Waals surface area contributed by atoms with Crippen LogP contribution in [0.5, 0.6) is 0 Å². The fraction of sp³-hybridized carbons (Fsp3) is 0. The summed E-state index contributed by atoms with van der Waals surface area (Å²) in [6.45, 7) is 0. The molecule has 0 saturated heterocycles. The predicted octanol–water partition coefficient (Wildman–Crippen LogP) is 3.88. The molecule has 20 heavy (non-hydrogen) atoms. The Bertz CT molecular complexity index is 851. The first kappa shape index (κ1) is 13.0. The smallest absolute Gasteiger partial charge is 0.264 e. The summed E-state index contributed by atoms with van der Waals surface area (Å²) >= 11 is 12.0. The number of aromatic nitrogens is 1. The maximum absolute atomic E-state index is 12.6. The molecule has 2 aromatic carbocycles. The number of nitrogens with zero attached hydrogens (tertiary/aromatic N) is 1. The molecule has 0 aliphatic rings. The normalized spacial score (nSPS) is 10.9. The Morgan fingerprint density at radius 2 is 1.60 bits per heavy atom. The molecule has 0 aliphatic carbocycles. The summed E-state index contributed by atoms with van der Waals surface area (Å²) in [5.41, 5.74) is 6.35. The minimum absolute atomic E-state index is 0.195. The molecule has 0 atom stereocenters. The fourth-order valence-electron chi connectivity index (χ4n) is 2.21. The molecule has 0 unspecified atom stereocenters. The summed E-state index contributed by atoms with van der Waals surface area (Å²) in [7, 11) is 0. The lowest BCUT2D eigenvalue weighted by Gasteiger charge is -2.12. The number of rotatable bonds is 1. The molecule has 0 radical (unpaired) electrons. The van der Waals surface area contributed by atoms with Gasteiger partial charge in [-0.05, 0) is 35.7 Å². The SMILES string of the molecule is Nc1cc2ccccc2c(=O)n1-c1cc(Cl)cc(Cl)c1. The molecule has 3 nitrogen and oxygen atoms in total. The number of halogens is 2. The van der Waals surface area contributed by atoms with E-state index in [-0.39, 0.29) is 5.56 Å². The third-order valence-corrected chi connectivity index (χ3v) is 3.50. The number of anilines is 1. The number of nitrogens with two attached hydrogens (primary N) is 1. The molecule has 1 aromatic heterocycles. The van der Waals surface area contributed by atoms with Crippen LogP contribution in [0.25, 0.3) is 16.5 Å². The van der Waals surface area contributed by atoms with E-state index in [1.54, 1.807) is 30.3 Å². The van der Waals surface area contributed by atoms with E-state index in [2.05, 4.69) is 0 Å². The average Bonchev–Trinajstić information content (AvgIpc) is 2.37. The van der Waals surface area contributed by atoms with Gasteiger partial charge in [0.1, 0.15) is 5.82 Å². The van der Waals surface area contributed by atoms with E-state index in [0.29, 0.717) is 26.9 Å². The van der Waals surface area contributed by atoms with Gasteiger partial charge in [-0.1, -0.05) is 41.4 Å². The van der Waals surface area contributed by atoms with Crippen LogP contribution in [-0.4, -0.2) is 4.57 Å². The fourth-order valence-corrected chi connectivity index (χ4v) is 2.73. The first-order chi connectivity index (χ1) is 9.56. The Labute approximate surface area is 125 Å². The Hall–Kier alpha value is -1.97. The van der Waals surface area contributed by atoms with Crippen LogP contribution in [0.2, 0.25) is 10.0 Å². The van der Waals surface area contributed by atoms with Gasteiger partial charge in [0.2, 0.25) is 0 Å². The van der Waals surface area contributed by atoms with Crippen LogP contribution in [-0.2, 0) is 0 Å². The standard InChI is InChI=1S/C15H10Cl2N2O/c16-10-6-11(17)8-12(7-10)19-14(18)5-9-3-1-2-4-13(9)15(19)20/h1-8H,18H2. The number of fused-ring (bicyclic) bond motifs is 1. The summed E-state index contributed by atoms with van der Waals surface area (Å²) in [5.74, 6) is 0.340. The highest BCUT2D eigenvalue weighted by Gasteiger charge is 2.10. The van der Waals surface area contributed by atoms with Gasteiger partial charge in [-0.25, -0.2) is 0 Å². The number of hydrogen-bond acceptors (Lipinski definition) is 2. The molecule has 0 bridgehead atoms. The third kappa shape index (κ3) is 2.15. The Morgan fingerprint density at radius 3 is 2.30 bits per heavy atom.